The van der Waals surface area contributed by atoms with Crippen molar-refractivity contribution in [2.45, 2.75) is 19.8 Å². The number of benzene rings is 2. The van der Waals surface area contributed by atoms with Crippen LogP contribution >= 0.6 is 0 Å². The Hall–Kier alpha value is -2.66. The Morgan fingerprint density at radius 1 is 1.17 bits per heavy atom. The third kappa shape index (κ3) is 2.21. The van der Waals surface area contributed by atoms with Crippen LogP contribution in [0.4, 0.5) is 0 Å². The lowest BCUT2D eigenvalue weighted by Gasteiger charge is -2.10. The van der Waals surface area contributed by atoms with Crippen LogP contribution in [0, 0.1) is 6.92 Å². The SMILES string of the molecule is Cc1ccc2cc3c(CCCN)cn4c(=O)[nH]nc4c3cc2c1. The number of fused-ring (bicyclic) bond motifs is 4. The average molecular weight is 306 g/mol. The standard InChI is InChI=1S/C18H18N4O/c1-11-4-5-12-8-15-13(3-2-6-19)10-22-17(20-21-18(22)23)16(15)9-14(12)7-11/h4-5,7-10H,2-3,6,19H2,1H3,(H,21,23). The Labute approximate surface area is 132 Å². The minimum atomic E-state index is -0.208. The largest absolute Gasteiger partial charge is 0.347 e. The number of hydrogen-bond acceptors (Lipinski definition) is 3. The van der Waals surface area contributed by atoms with Crippen LogP contribution in [-0.4, -0.2) is 21.1 Å². The summed E-state index contributed by atoms with van der Waals surface area (Å²) in [6, 6.07) is 10.7. The van der Waals surface area contributed by atoms with E-state index in [0.717, 1.165) is 34.6 Å². The number of pyridine rings is 1. The zero-order valence-corrected chi connectivity index (χ0v) is 13.0. The summed E-state index contributed by atoms with van der Waals surface area (Å²) in [6.07, 6.45) is 3.62. The maximum Gasteiger partial charge on any atom is 0.347 e. The second kappa shape index (κ2) is 5.21. The molecular weight excluding hydrogens is 288 g/mol. The number of aromatic amines is 1. The van der Waals surface area contributed by atoms with Gasteiger partial charge in [0.05, 0.1) is 0 Å². The third-order valence-corrected chi connectivity index (χ3v) is 4.36. The van der Waals surface area contributed by atoms with E-state index in [2.05, 4.69) is 47.5 Å². The molecule has 4 rings (SSSR count). The summed E-state index contributed by atoms with van der Waals surface area (Å²) in [5, 5.41) is 11.2. The highest BCUT2D eigenvalue weighted by molar-refractivity contribution is 6.05. The number of H-pyrrole nitrogens is 1. The van der Waals surface area contributed by atoms with Crippen LogP contribution in [0.1, 0.15) is 17.5 Å². The summed E-state index contributed by atoms with van der Waals surface area (Å²) >= 11 is 0. The van der Waals surface area contributed by atoms with Gasteiger partial charge in [-0.15, -0.1) is 0 Å². The zero-order valence-electron chi connectivity index (χ0n) is 13.0. The minimum absolute atomic E-state index is 0.208. The van der Waals surface area contributed by atoms with Gasteiger partial charge in [-0.3, -0.25) is 0 Å². The van der Waals surface area contributed by atoms with Crippen LogP contribution in [-0.2, 0) is 6.42 Å². The number of aromatic nitrogens is 3. The summed E-state index contributed by atoms with van der Waals surface area (Å²) in [5.41, 5.74) is 8.47. The third-order valence-electron chi connectivity index (χ3n) is 4.36. The number of hydrogen-bond donors (Lipinski definition) is 2. The highest BCUT2D eigenvalue weighted by Gasteiger charge is 2.11. The molecule has 5 heteroatoms. The maximum atomic E-state index is 12.0. The van der Waals surface area contributed by atoms with Gasteiger partial charge in [0.15, 0.2) is 5.65 Å². The Morgan fingerprint density at radius 3 is 2.83 bits per heavy atom. The molecular formula is C18H18N4O. The van der Waals surface area contributed by atoms with Crippen molar-refractivity contribution < 1.29 is 0 Å². The molecule has 0 spiro atoms. The Balaban J connectivity index is 2.14. The van der Waals surface area contributed by atoms with E-state index in [-0.39, 0.29) is 5.69 Å². The zero-order chi connectivity index (χ0) is 16.0. The molecule has 116 valence electrons. The molecule has 0 bridgehead atoms. The van der Waals surface area contributed by atoms with Crippen LogP contribution in [0.3, 0.4) is 0 Å². The molecule has 0 atom stereocenters. The van der Waals surface area contributed by atoms with Crippen molar-refractivity contribution in [1.29, 1.82) is 0 Å². The first-order valence-electron chi connectivity index (χ1n) is 7.80. The first-order chi connectivity index (χ1) is 11.2. The molecule has 0 aliphatic rings. The first kappa shape index (κ1) is 14.0. The van der Waals surface area contributed by atoms with Crippen molar-refractivity contribution in [3.05, 3.63) is 58.1 Å². The second-order valence-electron chi connectivity index (χ2n) is 6.02. The molecule has 3 N–H and O–H groups in total. The minimum Gasteiger partial charge on any atom is -0.330 e. The van der Waals surface area contributed by atoms with E-state index in [1.165, 1.54) is 10.9 Å². The van der Waals surface area contributed by atoms with Crippen molar-refractivity contribution in [3.8, 4) is 0 Å². The molecule has 0 radical (unpaired) electrons. The van der Waals surface area contributed by atoms with E-state index < -0.39 is 0 Å². The van der Waals surface area contributed by atoms with Gasteiger partial charge in [-0.2, -0.15) is 5.10 Å². The van der Waals surface area contributed by atoms with Gasteiger partial charge in [0.2, 0.25) is 0 Å². The fourth-order valence-corrected chi connectivity index (χ4v) is 3.20. The smallest absolute Gasteiger partial charge is 0.330 e. The van der Waals surface area contributed by atoms with E-state index >= 15 is 0 Å². The summed E-state index contributed by atoms with van der Waals surface area (Å²) in [5.74, 6) is 0. The van der Waals surface area contributed by atoms with Crippen molar-refractivity contribution in [1.82, 2.24) is 14.6 Å². The molecule has 23 heavy (non-hydrogen) atoms. The quantitative estimate of drug-likeness (QED) is 0.571. The number of nitrogens with one attached hydrogen (secondary N) is 1. The molecule has 2 aromatic heterocycles. The lowest BCUT2D eigenvalue weighted by molar-refractivity contribution is 0.830. The van der Waals surface area contributed by atoms with E-state index in [9.17, 15) is 4.79 Å². The summed E-state index contributed by atoms with van der Waals surface area (Å²) in [6.45, 7) is 2.71. The summed E-state index contributed by atoms with van der Waals surface area (Å²) < 4.78 is 1.59. The molecule has 0 aliphatic carbocycles. The predicted molar refractivity (Wildman–Crippen MR) is 92.9 cm³/mol. The topological polar surface area (TPSA) is 76.2 Å². The first-order valence-corrected chi connectivity index (χ1v) is 7.80. The fourth-order valence-electron chi connectivity index (χ4n) is 3.20. The number of aryl methyl sites for hydroxylation is 2. The maximum absolute atomic E-state index is 12.0. The van der Waals surface area contributed by atoms with Gasteiger partial charge < -0.3 is 5.73 Å². The van der Waals surface area contributed by atoms with Gasteiger partial charge in [-0.05, 0) is 60.2 Å². The van der Waals surface area contributed by atoms with E-state index in [1.54, 1.807) is 4.40 Å². The number of nitrogens with zero attached hydrogens (tertiary/aromatic N) is 2. The summed E-state index contributed by atoms with van der Waals surface area (Å²) in [4.78, 5) is 12.0. The van der Waals surface area contributed by atoms with Crippen molar-refractivity contribution >= 4 is 27.2 Å². The Morgan fingerprint density at radius 2 is 2.00 bits per heavy atom. The Bertz CT molecular complexity index is 1090. The fraction of sp³-hybridized carbons (Fsp3) is 0.222. The van der Waals surface area contributed by atoms with Gasteiger partial charge in [0.25, 0.3) is 0 Å². The lowest BCUT2D eigenvalue weighted by Crippen LogP contribution is -2.10. The van der Waals surface area contributed by atoms with Crippen LogP contribution in [0.5, 0.6) is 0 Å². The van der Waals surface area contributed by atoms with Crippen LogP contribution in [0.15, 0.2) is 41.3 Å². The van der Waals surface area contributed by atoms with Crippen molar-refractivity contribution in [2.75, 3.05) is 6.54 Å². The monoisotopic (exact) mass is 306 g/mol. The van der Waals surface area contributed by atoms with Gasteiger partial charge in [0.1, 0.15) is 0 Å². The van der Waals surface area contributed by atoms with E-state index in [0.29, 0.717) is 12.2 Å². The van der Waals surface area contributed by atoms with Crippen molar-refractivity contribution in [2.24, 2.45) is 5.73 Å². The molecule has 0 saturated heterocycles. The summed E-state index contributed by atoms with van der Waals surface area (Å²) in [7, 11) is 0. The molecule has 2 aromatic carbocycles. The van der Waals surface area contributed by atoms with E-state index in [4.69, 9.17) is 5.73 Å². The molecule has 0 unspecified atom stereocenters. The molecule has 5 nitrogen and oxygen atoms in total. The highest BCUT2D eigenvalue weighted by atomic mass is 16.1. The lowest BCUT2D eigenvalue weighted by atomic mass is 9.98. The van der Waals surface area contributed by atoms with Gasteiger partial charge in [-0.25, -0.2) is 14.3 Å². The molecule has 4 aromatic rings. The van der Waals surface area contributed by atoms with Crippen LogP contribution < -0.4 is 11.4 Å². The highest BCUT2D eigenvalue weighted by Crippen LogP contribution is 2.28. The average Bonchev–Trinajstić information content (AvgIpc) is 2.92. The molecule has 0 aliphatic heterocycles. The molecule has 0 saturated carbocycles. The molecule has 0 amide bonds. The number of nitrogens with two attached hydrogens (primary N) is 1. The molecule has 0 fully saturated rings. The second-order valence-corrected chi connectivity index (χ2v) is 6.02. The van der Waals surface area contributed by atoms with Gasteiger partial charge >= 0.3 is 5.69 Å². The number of rotatable bonds is 3. The Kier molecular flexibility index (Phi) is 3.16. The molecule has 2 heterocycles. The van der Waals surface area contributed by atoms with Crippen LogP contribution in [0.2, 0.25) is 0 Å². The van der Waals surface area contributed by atoms with Crippen LogP contribution in [0.25, 0.3) is 27.2 Å². The normalized spacial score (nSPS) is 11.7. The van der Waals surface area contributed by atoms with Gasteiger partial charge in [-0.1, -0.05) is 23.8 Å². The predicted octanol–water partition coefficient (Wildman–Crippen LogP) is 2.53. The van der Waals surface area contributed by atoms with Crippen molar-refractivity contribution in [3.63, 3.8) is 0 Å². The van der Waals surface area contributed by atoms with Gasteiger partial charge in [0, 0.05) is 11.6 Å². The van der Waals surface area contributed by atoms with E-state index in [1.807, 2.05) is 6.20 Å².